The number of hydrogen-bond donors (Lipinski definition) is 1. The molecule has 2 aromatic rings. The van der Waals surface area contributed by atoms with Gasteiger partial charge < -0.3 is 5.11 Å². The molecule has 0 spiro atoms. The quantitative estimate of drug-likeness (QED) is 0.892. The molecule has 1 atom stereocenters. The molecule has 1 unspecified atom stereocenters. The van der Waals surface area contributed by atoms with Crippen molar-refractivity contribution in [1.82, 2.24) is 0 Å². The minimum atomic E-state index is -0.976. The summed E-state index contributed by atoms with van der Waals surface area (Å²) in [6, 6.07) is 8.07. The lowest BCUT2D eigenvalue weighted by Gasteiger charge is -2.14. The number of aliphatic hydroxyl groups is 1. The zero-order valence-corrected chi connectivity index (χ0v) is 11.9. The molecule has 0 saturated heterocycles. The first-order valence-corrected chi connectivity index (χ1v) is 6.58. The predicted molar refractivity (Wildman–Crippen MR) is 75.7 cm³/mol. The maximum absolute atomic E-state index is 13.7. The molecule has 20 heavy (non-hydrogen) atoms. The summed E-state index contributed by atoms with van der Waals surface area (Å²) in [7, 11) is 0. The fourth-order valence-corrected chi connectivity index (χ4v) is 2.20. The van der Waals surface area contributed by atoms with E-state index in [2.05, 4.69) is 0 Å². The average Bonchev–Trinajstić information content (AvgIpc) is 2.38. The van der Waals surface area contributed by atoms with Crippen LogP contribution in [0.15, 0.2) is 30.3 Å². The molecule has 3 heteroatoms. The predicted octanol–water partition coefficient (Wildman–Crippen LogP) is 4.17. The Labute approximate surface area is 117 Å². The molecule has 1 N–H and O–H groups in total. The van der Waals surface area contributed by atoms with E-state index in [0.717, 1.165) is 17.2 Å². The molecular weight excluding hydrogens is 258 g/mol. The van der Waals surface area contributed by atoms with Crippen molar-refractivity contribution in [3.8, 4) is 0 Å². The summed E-state index contributed by atoms with van der Waals surface area (Å²) >= 11 is 0. The van der Waals surface area contributed by atoms with Crippen LogP contribution in [0.3, 0.4) is 0 Å². The lowest BCUT2D eigenvalue weighted by Crippen LogP contribution is -2.06. The van der Waals surface area contributed by atoms with Crippen molar-refractivity contribution in [3.63, 3.8) is 0 Å². The van der Waals surface area contributed by atoms with Crippen LogP contribution in [-0.4, -0.2) is 5.11 Å². The highest BCUT2D eigenvalue weighted by atomic mass is 19.1. The Morgan fingerprint density at radius 2 is 1.60 bits per heavy atom. The van der Waals surface area contributed by atoms with Crippen LogP contribution in [0.5, 0.6) is 0 Å². The molecule has 0 aliphatic heterocycles. The summed E-state index contributed by atoms with van der Waals surface area (Å²) < 4.78 is 27.0. The van der Waals surface area contributed by atoms with E-state index in [9.17, 15) is 13.9 Å². The van der Waals surface area contributed by atoms with Gasteiger partial charge in [-0.25, -0.2) is 8.78 Å². The van der Waals surface area contributed by atoms with Gasteiger partial charge in [-0.05, 0) is 49.1 Å². The van der Waals surface area contributed by atoms with Gasteiger partial charge in [-0.3, -0.25) is 0 Å². The number of rotatable bonds is 3. The van der Waals surface area contributed by atoms with Crippen molar-refractivity contribution in [2.45, 2.75) is 33.3 Å². The minimum Gasteiger partial charge on any atom is -0.388 e. The van der Waals surface area contributed by atoms with Gasteiger partial charge in [0.1, 0.15) is 11.6 Å². The number of aryl methyl sites for hydroxylation is 3. The average molecular weight is 276 g/mol. The Hall–Kier alpha value is -1.74. The van der Waals surface area contributed by atoms with Gasteiger partial charge in [0.25, 0.3) is 0 Å². The van der Waals surface area contributed by atoms with Crippen molar-refractivity contribution in [1.29, 1.82) is 0 Å². The van der Waals surface area contributed by atoms with E-state index in [1.54, 1.807) is 6.92 Å². The SMILES string of the molecule is Cc1ccc(CC(O)c2cc(C)c(F)cc2F)cc1C. The Kier molecular flexibility index (Phi) is 4.19. The highest BCUT2D eigenvalue weighted by molar-refractivity contribution is 5.32. The van der Waals surface area contributed by atoms with Gasteiger partial charge in [0.2, 0.25) is 0 Å². The lowest BCUT2D eigenvalue weighted by atomic mass is 9.97. The fourth-order valence-electron chi connectivity index (χ4n) is 2.20. The highest BCUT2D eigenvalue weighted by Crippen LogP contribution is 2.24. The normalized spacial score (nSPS) is 12.5. The fraction of sp³-hybridized carbons (Fsp3) is 0.294. The molecule has 2 aromatic carbocycles. The van der Waals surface area contributed by atoms with Gasteiger partial charge in [-0.2, -0.15) is 0 Å². The van der Waals surface area contributed by atoms with Crippen LogP contribution < -0.4 is 0 Å². The second-order valence-electron chi connectivity index (χ2n) is 5.26. The van der Waals surface area contributed by atoms with E-state index in [1.165, 1.54) is 11.6 Å². The maximum Gasteiger partial charge on any atom is 0.131 e. The van der Waals surface area contributed by atoms with Crippen LogP contribution in [0.4, 0.5) is 8.78 Å². The van der Waals surface area contributed by atoms with Crippen LogP contribution >= 0.6 is 0 Å². The number of benzene rings is 2. The largest absolute Gasteiger partial charge is 0.388 e. The van der Waals surface area contributed by atoms with Gasteiger partial charge in [0.15, 0.2) is 0 Å². The first-order valence-electron chi connectivity index (χ1n) is 6.58. The molecule has 106 valence electrons. The number of hydrogen-bond acceptors (Lipinski definition) is 1. The topological polar surface area (TPSA) is 20.2 Å². The van der Waals surface area contributed by atoms with Crippen molar-refractivity contribution in [2.75, 3.05) is 0 Å². The smallest absolute Gasteiger partial charge is 0.131 e. The number of halogens is 2. The van der Waals surface area contributed by atoms with Crippen LogP contribution in [0.1, 0.15) is 33.9 Å². The zero-order chi connectivity index (χ0) is 14.9. The van der Waals surface area contributed by atoms with E-state index in [0.29, 0.717) is 12.0 Å². The van der Waals surface area contributed by atoms with Gasteiger partial charge in [-0.15, -0.1) is 0 Å². The molecule has 0 amide bonds. The first kappa shape index (κ1) is 14.7. The van der Waals surface area contributed by atoms with Crippen LogP contribution in [0.25, 0.3) is 0 Å². The van der Waals surface area contributed by atoms with E-state index >= 15 is 0 Å². The van der Waals surface area contributed by atoms with Gasteiger partial charge in [-0.1, -0.05) is 18.2 Å². The molecular formula is C17H18F2O. The van der Waals surface area contributed by atoms with E-state index in [1.807, 2.05) is 32.0 Å². The molecule has 0 aliphatic carbocycles. The van der Waals surface area contributed by atoms with E-state index in [4.69, 9.17) is 0 Å². The Balaban J connectivity index is 2.25. The third kappa shape index (κ3) is 3.05. The minimum absolute atomic E-state index is 0.141. The Bertz CT molecular complexity index is 635. The third-order valence-electron chi connectivity index (χ3n) is 3.64. The summed E-state index contributed by atoms with van der Waals surface area (Å²) in [6.45, 7) is 5.56. The van der Waals surface area contributed by atoms with Crippen molar-refractivity contribution < 1.29 is 13.9 Å². The van der Waals surface area contributed by atoms with E-state index < -0.39 is 17.7 Å². The summed E-state index contributed by atoms with van der Waals surface area (Å²) in [4.78, 5) is 0. The standard InChI is InChI=1S/C17H18F2O/c1-10-4-5-13(6-11(10)2)8-17(20)14-7-12(3)15(18)9-16(14)19/h4-7,9,17,20H,8H2,1-3H3. The maximum atomic E-state index is 13.7. The van der Waals surface area contributed by atoms with Gasteiger partial charge in [0, 0.05) is 18.1 Å². The molecule has 0 aromatic heterocycles. The second-order valence-corrected chi connectivity index (χ2v) is 5.26. The molecule has 0 fully saturated rings. The molecule has 0 aliphatic rings. The van der Waals surface area contributed by atoms with Crippen molar-refractivity contribution >= 4 is 0 Å². The Morgan fingerprint density at radius 3 is 2.25 bits per heavy atom. The summed E-state index contributed by atoms with van der Waals surface area (Å²) in [6.07, 6.45) is -0.667. The van der Waals surface area contributed by atoms with E-state index in [-0.39, 0.29) is 5.56 Å². The third-order valence-corrected chi connectivity index (χ3v) is 3.64. The molecule has 0 saturated carbocycles. The second kappa shape index (κ2) is 5.71. The monoisotopic (exact) mass is 276 g/mol. The van der Waals surface area contributed by atoms with Gasteiger partial charge >= 0.3 is 0 Å². The number of aliphatic hydroxyl groups excluding tert-OH is 1. The van der Waals surface area contributed by atoms with Crippen LogP contribution in [0.2, 0.25) is 0 Å². The summed E-state index contributed by atoms with van der Waals surface area (Å²) in [5.41, 5.74) is 3.71. The lowest BCUT2D eigenvalue weighted by molar-refractivity contribution is 0.173. The Morgan fingerprint density at radius 1 is 0.900 bits per heavy atom. The van der Waals surface area contributed by atoms with Crippen molar-refractivity contribution in [3.05, 3.63) is 69.8 Å². The van der Waals surface area contributed by atoms with Crippen LogP contribution in [0, 0.1) is 32.4 Å². The molecule has 0 radical (unpaired) electrons. The molecule has 0 heterocycles. The highest BCUT2D eigenvalue weighted by Gasteiger charge is 2.16. The first-order chi connectivity index (χ1) is 9.38. The summed E-state index contributed by atoms with van der Waals surface area (Å²) in [5, 5.41) is 10.2. The van der Waals surface area contributed by atoms with Gasteiger partial charge in [0.05, 0.1) is 6.10 Å². The molecule has 1 nitrogen and oxygen atoms in total. The van der Waals surface area contributed by atoms with Crippen LogP contribution in [-0.2, 0) is 6.42 Å². The summed E-state index contributed by atoms with van der Waals surface area (Å²) in [5.74, 6) is -1.30. The molecule has 2 rings (SSSR count). The molecule has 0 bridgehead atoms. The zero-order valence-electron chi connectivity index (χ0n) is 11.9. The van der Waals surface area contributed by atoms with Crippen molar-refractivity contribution in [2.24, 2.45) is 0 Å².